The van der Waals surface area contributed by atoms with Crippen LogP contribution in [0, 0.1) is 15.9 Å². The van der Waals surface area contributed by atoms with E-state index in [9.17, 15) is 14.5 Å². The first kappa shape index (κ1) is 17.8. The van der Waals surface area contributed by atoms with Crippen LogP contribution in [-0.2, 0) is 0 Å². The Labute approximate surface area is 150 Å². The monoisotopic (exact) mass is 360 g/mol. The van der Waals surface area contributed by atoms with E-state index in [1.54, 1.807) is 12.1 Å². The van der Waals surface area contributed by atoms with Crippen LogP contribution in [0.3, 0.4) is 0 Å². The Bertz CT molecular complexity index is 775. The van der Waals surface area contributed by atoms with E-state index in [1.807, 2.05) is 18.7 Å². The fourth-order valence-corrected chi connectivity index (χ4v) is 2.98. The minimum atomic E-state index is -0.438. The third-order valence-corrected chi connectivity index (χ3v) is 4.18. The average molecular weight is 360 g/mol. The lowest BCUT2D eigenvalue weighted by Crippen LogP contribution is -2.47. The molecule has 0 saturated carbocycles. The van der Waals surface area contributed by atoms with Crippen LogP contribution in [0.4, 0.5) is 27.4 Å². The summed E-state index contributed by atoms with van der Waals surface area (Å²) in [5.74, 6) is 0.289. The zero-order valence-corrected chi connectivity index (χ0v) is 14.7. The van der Waals surface area contributed by atoms with Crippen molar-refractivity contribution in [3.05, 3.63) is 46.5 Å². The summed E-state index contributed by atoms with van der Waals surface area (Å²) in [7, 11) is 0. The summed E-state index contributed by atoms with van der Waals surface area (Å²) in [5.41, 5.74) is 0.835. The number of anilines is 3. The largest absolute Gasteiger partial charge is 0.368 e. The van der Waals surface area contributed by atoms with Crippen molar-refractivity contribution in [3.8, 4) is 0 Å². The Kier molecular flexibility index (Phi) is 5.15. The highest BCUT2D eigenvalue weighted by molar-refractivity contribution is 5.71. The Balaban J connectivity index is 1.78. The van der Waals surface area contributed by atoms with Crippen LogP contribution in [0.1, 0.15) is 13.8 Å². The molecule has 0 amide bonds. The lowest BCUT2D eigenvalue weighted by Gasteiger charge is -2.36. The van der Waals surface area contributed by atoms with Gasteiger partial charge in [0.05, 0.1) is 4.92 Å². The number of piperazine rings is 1. The van der Waals surface area contributed by atoms with E-state index in [4.69, 9.17) is 0 Å². The van der Waals surface area contributed by atoms with Crippen LogP contribution in [0.25, 0.3) is 0 Å². The third-order valence-electron chi connectivity index (χ3n) is 4.18. The smallest absolute Gasteiger partial charge is 0.353 e. The van der Waals surface area contributed by atoms with Crippen molar-refractivity contribution in [1.29, 1.82) is 0 Å². The quantitative estimate of drug-likeness (QED) is 0.648. The second-order valence-corrected chi connectivity index (χ2v) is 6.40. The van der Waals surface area contributed by atoms with Gasteiger partial charge in [-0.2, -0.15) is 0 Å². The minimum absolute atomic E-state index is 0.0202. The van der Waals surface area contributed by atoms with Gasteiger partial charge in [0.25, 0.3) is 0 Å². The first-order valence-corrected chi connectivity index (χ1v) is 8.47. The van der Waals surface area contributed by atoms with Gasteiger partial charge in [0.1, 0.15) is 12.1 Å². The molecule has 1 N–H and O–H groups in total. The van der Waals surface area contributed by atoms with E-state index in [1.165, 1.54) is 18.5 Å². The van der Waals surface area contributed by atoms with Crippen molar-refractivity contribution in [2.24, 2.45) is 0 Å². The molecule has 1 saturated heterocycles. The Morgan fingerprint density at radius 3 is 2.31 bits per heavy atom. The molecular formula is C17H21FN6O2. The van der Waals surface area contributed by atoms with Crippen LogP contribution in [0.2, 0.25) is 0 Å². The molecule has 1 fully saturated rings. The molecule has 1 aromatic heterocycles. The normalized spacial score (nSPS) is 14.6. The van der Waals surface area contributed by atoms with Gasteiger partial charge in [0, 0.05) is 37.9 Å². The highest BCUT2D eigenvalue weighted by Gasteiger charge is 2.29. The molecule has 0 aliphatic carbocycles. The lowest BCUT2D eigenvalue weighted by molar-refractivity contribution is -0.383. The molecule has 1 aliphatic heterocycles. The van der Waals surface area contributed by atoms with Gasteiger partial charge >= 0.3 is 5.69 Å². The summed E-state index contributed by atoms with van der Waals surface area (Å²) in [5, 5.41) is 14.6. The summed E-state index contributed by atoms with van der Waals surface area (Å²) in [6.45, 7) is 6.28. The molecule has 3 rings (SSSR count). The highest BCUT2D eigenvalue weighted by Crippen LogP contribution is 2.33. The molecule has 0 unspecified atom stereocenters. The van der Waals surface area contributed by atoms with Crippen LogP contribution in [0.5, 0.6) is 0 Å². The number of aromatic nitrogens is 2. The fraction of sp³-hybridized carbons (Fsp3) is 0.412. The minimum Gasteiger partial charge on any atom is -0.368 e. The lowest BCUT2D eigenvalue weighted by atomic mass is 10.2. The molecular weight excluding hydrogens is 339 g/mol. The van der Waals surface area contributed by atoms with Crippen LogP contribution in [-0.4, -0.2) is 47.1 Å². The average Bonchev–Trinajstić information content (AvgIpc) is 2.61. The van der Waals surface area contributed by atoms with Gasteiger partial charge in [0.2, 0.25) is 11.6 Å². The van der Waals surface area contributed by atoms with Crippen LogP contribution in [0.15, 0.2) is 30.6 Å². The first-order chi connectivity index (χ1) is 12.5. The zero-order chi connectivity index (χ0) is 18.7. The van der Waals surface area contributed by atoms with E-state index >= 15 is 0 Å². The molecule has 1 aromatic carbocycles. The van der Waals surface area contributed by atoms with Gasteiger partial charge in [-0.1, -0.05) is 0 Å². The highest BCUT2D eigenvalue weighted by atomic mass is 19.1. The van der Waals surface area contributed by atoms with Crippen molar-refractivity contribution in [1.82, 2.24) is 9.97 Å². The van der Waals surface area contributed by atoms with Crippen molar-refractivity contribution in [2.45, 2.75) is 19.9 Å². The second kappa shape index (κ2) is 7.51. The predicted molar refractivity (Wildman–Crippen MR) is 98.3 cm³/mol. The Morgan fingerprint density at radius 1 is 1.12 bits per heavy atom. The van der Waals surface area contributed by atoms with E-state index < -0.39 is 4.92 Å². The topological polar surface area (TPSA) is 87.4 Å². The van der Waals surface area contributed by atoms with Gasteiger partial charge in [-0.05, 0) is 38.1 Å². The van der Waals surface area contributed by atoms with E-state index in [2.05, 4.69) is 20.2 Å². The number of hydrogen-bond donors (Lipinski definition) is 1. The molecule has 0 spiro atoms. The maximum atomic E-state index is 13.1. The summed E-state index contributed by atoms with van der Waals surface area (Å²) < 4.78 is 13.1. The summed E-state index contributed by atoms with van der Waals surface area (Å²) in [6.07, 6.45) is 1.35. The van der Waals surface area contributed by atoms with E-state index in [0.29, 0.717) is 32.0 Å². The van der Waals surface area contributed by atoms with Crippen LogP contribution >= 0.6 is 0 Å². The number of nitro groups is 1. The molecule has 2 aromatic rings. The van der Waals surface area contributed by atoms with Gasteiger partial charge in [-0.3, -0.25) is 10.1 Å². The number of hydrogen-bond acceptors (Lipinski definition) is 7. The van der Waals surface area contributed by atoms with E-state index in [-0.39, 0.29) is 23.4 Å². The first-order valence-electron chi connectivity index (χ1n) is 8.47. The molecule has 8 nitrogen and oxygen atoms in total. The number of nitrogens with one attached hydrogen (secondary N) is 1. The molecule has 0 radical (unpaired) electrons. The zero-order valence-electron chi connectivity index (χ0n) is 14.7. The summed E-state index contributed by atoms with van der Waals surface area (Å²) in [4.78, 5) is 23.4. The SMILES string of the molecule is CC(C)Nc1ncnc(N2CCN(c3ccc(F)cc3)CC2)c1[N+](=O)[O-]. The van der Waals surface area contributed by atoms with Crippen LogP contribution < -0.4 is 15.1 Å². The number of rotatable bonds is 5. The molecule has 26 heavy (non-hydrogen) atoms. The summed E-state index contributed by atoms with van der Waals surface area (Å²) >= 11 is 0. The Hall–Kier alpha value is -2.97. The van der Waals surface area contributed by atoms with Crippen molar-refractivity contribution in [2.75, 3.05) is 41.3 Å². The van der Waals surface area contributed by atoms with Gasteiger partial charge in [0.15, 0.2) is 0 Å². The predicted octanol–water partition coefficient (Wildman–Crippen LogP) is 2.67. The molecule has 138 valence electrons. The molecule has 2 heterocycles. The summed E-state index contributed by atoms with van der Waals surface area (Å²) in [6, 6.07) is 6.36. The van der Waals surface area contributed by atoms with Gasteiger partial charge in [-0.15, -0.1) is 0 Å². The van der Waals surface area contributed by atoms with Crippen molar-refractivity contribution >= 4 is 23.0 Å². The van der Waals surface area contributed by atoms with Crippen molar-refractivity contribution in [3.63, 3.8) is 0 Å². The number of benzene rings is 1. The standard InChI is InChI=1S/C17H21FN6O2/c1-12(2)21-16-15(24(25)26)17(20-11-19-16)23-9-7-22(8-10-23)14-5-3-13(18)4-6-14/h3-6,11-12H,7-10H2,1-2H3,(H,19,20,21). The van der Waals surface area contributed by atoms with Gasteiger partial charge < -0.3 is 15.1 Å². The van der Waals surface area contributed by atoms with Crippen molar-refractivity contribution < 1.29 is 9.31 Å². The molecule has 9 heteroatoms. The Morgan fingerprint density at radius 2 is 1.73 bits per heavy atom. The third kappa shape index (κ3) is 3.81. The second-order valence-electron chi connectivity index (χ2n) is 6.40. The number of nitrogens with zero attached hydrogens (tertiary/aromatic N) is 5. The molecule has 0 bridgehead atoms. The maximum Gasteiger partial charge on any atom is 0.353 e. The van der Waals surface area contributed by atoms with Gasteiger partial charge in [-0.25, -0.2) is 14.4 Å². The number of halogens is 1. The maximum absolute atomic E-state index is 13.1. The molecule has 1 aliphatic rings. The fourth-order valence-electron chi connectivity index (χ4n) is 2.98. The molecule has 0 atom stereocenters. The van der Waals surface area contributed by atoms with E-state index in [0.717, 1.165) is 5.69 Å².